The standard InChI is InChI=1S/C20H25N3O4/c1-25-15-6-4-5-13(9-15)11-21-20(24)16-12-22-23-19(16)14-7-8-17(26-2)18(10-14)27-3/h4-10,16,19,22-23H,11-12H2,1-3H3,(H,21,24). The van der Waals surface area contributed by atoms with Gasteiger partial charge in [0.1, 0.15) is 5.75 Å². The lowest BCUT2D eigenvalue weighted by atomic mass is 9.93. The van der Waals surface area contributed by atoms with Crippen molar-refractivity contribution in [3.63, 3.8) is 0 Å². The van der Waals surface area contributed by atoms with E-state index in [0.29, 0.717) is 24.6 Å². The van der Waals surface area contributed by atoms with Crippen LogP contribution < -0.4 is 30.4 Å². The number of carbonyl (C=O) groups is 1. The molecule has 2 atom stereocenters. The summed E-state index contributed by atoms with van der Waals surface area (Å²) in [6.07, 6.45) is 0. The van der Waals surface area contributed by atoms with Gasteiger partial charge in [0, 0.05) is 13.1 Å². The first-order valence-electron chi connectivity index (χ1n) is 8.77. The van der Waals surface area contributed by atoms with Crippen molar-refractivity contribution < 1.29 is 19.0 Å². The molecule has 3 rings (SSSR count). The van der Waals surface area contributed by atoms with Gasteiger partial charge in [0.05, 0.1) is 33.3 Å². The van der Waals surface area contributed by atoms with E-state index in [9.17, 15) is 4.79 Å². The van der Waals surface area contributed by atoms with Gasteiger partial charge in [-0.3, -0.25) is 10.2 Å². The van der Waals surface area contributed by atoms with Crippen molar-refractivity contribution in [2.45, 2.75) is 12.6 Å². The fraction of sp³-hybridized carbons (Fsp3) is 0.350. The average Bonchev–Trinajstić information content (AvgIpc) is 3.21. The minimum Gasteiger partial charge on any atom is -0.497 e. The third kappa shape index (κ3) is 4.32. The number of hydrogen-bond acceptors (Lipinski definition) is 6. The molecule has 0 aliphatic carbocycles. The number of methoxy groups -OCH3 is 3. The van der Waals surface area contributed by atoms with Gasteiger partial charge >= 0.3 is 0 Å². The second-order valence-corrected chi connectivity index (χ2v) is 6.29. The van der Waals surface area contributed by atoms with Crippen molar-refractivity contribution >= 4 is 5.91 Å². The van der Waals surface area contributed by atoms with Gasteiger partial charge in [0.15, 0.2) is 11.5 Å². The molecule has 144 valence electrons. The van der Waals surface area contributed by atoms with Crippen LogP contribution in [-0.2, 0) is 11.3 Å². The average molecular weight is 371 g/mol. The fourth-order valence-electron chi connectivity index (χ4n) is 3.21. The summed E-state index contributed by atoms with van der Waals surface area (Å²) in [5.41, 5.74) is 8.21. The largest absolute Gasteiger partial charge is 0.497 e. The monoisotopic (exact) mass is 371 g/mol. The van der Waals surface area contributed by atoms with Crippen LogP contribution in [0.15, 0.2) is 42.5 Å². The molecule has 0 bridgehead atoms. The second kappa shape index (κ2) is 8.75. The Morgan fingerprint density at radius 2 is 1.89 bits per heavy atom. The molecule has 0 saturated carbocycles. The van der Waals surface area contributed by atoms with Crippen molar-refractivity contribution in [3.05, 3.63) is 53.6 Å². The Morgan fingerprint density at radius 1 is 1.07 bits per heavy atom. The predicted octanol–water partition coefficient (Wildman–Crippen LogP) is 1.79. The van der Waals surface area contributed by atoms with Crippen LogP contribution in [-0.4, -0.2) is 33.8 Å². The van der Waals surface area contributed by atoms with E-state index in [1.54, 1.807) is 21.3 Å². The number of rotatable bonds is 7. The molecule has 0 spiro atoms. The van der Waals surface area contributed by atoms with Crippen LogP contribution in [0.5, 0.6) is 17.2 Å². The predicted molar refractivity (Wildman–Crippen MR) is 102 cm³/mol. The first-order chi connectivity index (χ1) is 13.2. The summed E-state index contributed by atoms with van der Waals surface area (Å²) in [4.78, 5) is 12.8. The number of ether oxygens (including phenoxy) is 3. The van der Waals surface area contributed by atoms with Crippen LogP contribution >= 0.6 is 0 Å². The lowest BCUT2D eigenvalue weighted by Gasteiger charge is -2.20. The highest BCUT2D eigenvalue weighted by atomic mass is 16.5. The third-order valence-electron chi connectivity index (χ3n) is 4.69. The van der Waals surface area contributed by atoms with E-state index in [0.717, 1.165) is 16.9 Å². The zero-order chi connectivity index (χ0) is 19.2. The zero-order valence-corrected chi connectivity index (χ0v) is 15.7. The Balaban J connectivity index is 1.69. The number of benzene rings is 2. The van der Waals surface area contributed by atoms with Crippen LogP contribution in [0.3, 0.4) is 0 Å². The zero-order valence-electron chi connectivity index (χ0n) is 15.7. The van der Waals surface area contributed by atoms with Crippen molar-refractivity contribution in [2.24, 2.45) is 5.92 Å². The van der Waals surface area contributed by atoms with Crippen molar-refractivity contribution in [1.29, 1.82) is 0 Å². The van der Waals surface area contributed by atoms with Crippen LogP contribution in [0.4, 0.5) is 0 Å². The maximum atomic E-state index is 12.8. The van der Waals surface area contributed by atoms with E-state index in [2.05, 4.69) is 16.2 Å². The Hall–Kier alpha value is -2.77. The topological polar surface area (TPSA) is 80.9 Å². The molecular formula is C20H25N3O4. The molecule has 0 aromatic heterocycles. The van der Waals surface area contributed by atoms with Crippen LogP contribution in [0.25, 0.3) is 0 Å². The highest BCUT2D eigenvalue weighted by molar-refractivity contribution is 5.80. The molecule has 7 heteroatoms. The summed E-state index contributed by atoms with van der Waals surface area (Å²) >= 11 is 0. The van der Waals surface area contributed by atoms with E-state index in [4.69, 9.17) is 14.2 Å². The lowest BCUT2D eigenvalue weighted by Crippen LogP contribution is -2.34. The molecule has 7 nitrogen and oxygen atoms in total. The molecule has 0 radical (unpaired) electrons. The number of carbonyl (C=O) groups excluding carboxylic acids is 1. The molecule has 2 aromatic rings. The van der Waals surface area contributed by atoms with Crippen LogP contribution in [0.1, 0.15) is 17.2 Å². The normalized spacial score (nSPS) is 18.8. The van der Waals surface area contributed by atoms with Gasteiger partial charge in [-0.05, 0) is 35.4 Å². The van der Waals surface area contributed by atoms with Crippen molar-refractivity contribution in [3.8, 4) is 17.2 Å². The molecule has 2 unspecified atom stereocenters. The maximum absolute atomic E-state index is 12.8. The van der Waals surface area contributed by atoms with Gasteiger partial charge < -0.3 is 19.5 Å². The number of nitrogens with one attached hydrogen (secondary N) is 3. The molecule has 2 aromatic carbocycles. The maximum Gasteiger partial charge on any atom is 0.226 e. The first-order valence-corrected chi connectivity index (χ1v) is 8.77. The number of hydrogen-bond donors (Lipinski definition) is 3. The SMILES string of the molecule is COc1cccc(CNC(=O)C2CNNC2c2ccc(OC)c(OC)c2)c1. The van der Waals surface area contributed by atoms with Gasteiger partial charge in [-0.1, -0.05) is 18.2 Å². The van der Waals surface area contributed by atoms with Gasteiger partial charge in [-0.2, -0.15) is 0 Å². The smallest absolute Gasteiger partial charge is 0.226 e. The van der Waals surface area contributed by atoms with Crippen LogP contribution in [0, 0.1) is 5.92 Å². The molecule has 1 aliphatic rings. The molecular weight excluding hydrogens is 346 g/mol. The van der Waals surface area contributed by atoms with E-state index >= 15 is 0 Å². The molecule has 1 heterocycles. The highest BCUT2D eigenvalue weighted by Gasteiger charge is 2.34. The quantitative estimate of drug-likeness (QED) is 0.689. The molecule has 3 N–H and O–H groups in total. The molecule has 1 amide bonds. The Labute approximate surface area is 159 Å². The number of hydrazine groups is 1. The fourth-order valence-corrected chi connectivity index (χ4v) is 3.21. The molecule has 27 heavy (non-hydrogen) atoms. The molecule has 1 saturated heterocycles. The Kier molecular flexibility index (Phi) is 6.16. The van der Waals surface area contributed by atoms with Gasteiger partial charge in [0.25, 0.3) is 0 Å². The van der Waals surface area contributed by atoms with Crippen LogP contribution in [0.2, 0.25) is 0 Å². The minimum absolute atomic E-state index is 0.0184. The second-order valence-electron chi connectivity index (χ2n) is 6.29. The summed E-state index contributed by atoms with van der Waals surface area (Å²) in [5.74, 6) is 1.81. The summed E-state index contributed by atoms with van der Waals surface area (Å²) < 4.78 is 15.9. The highest BCUT2D eigenvalue weighted by Crippen LogP contribution is 2.33. The van der Waals surface area contributed by atoms with Crippen molar-refractivity contribution in [1.82, 2.24) is 16.2 Å². The first kappa shape index (κ1) is 19.0. The third-order valence-corrected chi connectivity index (χ3v) is 4.69. The summed E-state index contributed by atoms with van der Waals surface area (Å²) in [7, 11) is 4.82. The van der Waals surface area contributed by atoms with Gasteiger partial charge in [-0.15, -0.1) is 0 Å². The van der Waals surface area contributed by atoms with E-state index in [1.807, 2.05) is 42.5 Å². The summed E-state index contributed by atoms with van der Waals surface area (Å²) in [5, 5.41) is 3.01. The summed E-state index contributed by atoms with van der Waals surface area (Å²) in [6.45, 7) is 0.994. The molecule has 1 aliphatic heterocycles. The van der Waals surface area contributed by atoms with Gasteiger partial charge in [-0.25, -0.2) is 5.43 Å². The number of amides is 1. The van der Waals surface area contributed by atoms with Gasteiger partial charge in [0.2, 0.25) is 5.91 Å². The lowest BCUT2D eigenvalue weighted by molar-refractivity contribution is -0.125. The van der Waals surface area contributed by atoms with E-state index in [1.165, 1.54) is 0 Å². The summed E-state index contributed by atoms with van der Waals surface area (Å²) in [6, 6.07) is 13.2. The van der Waals surface area contributed by atoms with Crippen molar-refractivity contribution in [2.75, 3.05) is 27.9 Å². The Morgan fingerprint density at radius 3 is 2.63 bits per heavy atom. The Bertz CT molecular complexity index is 797. The van der Waals surface area contributed by atoms with E-state index < -0.39 is 0 Å². The van der Waals surface area contributed by atoms with E-state index in [-0.39, 0.29) is 17.9 Å². The minimum atomic E-state index is -0.242. The molecule has 1 fully saturated rings.